The first-order valence-corrected chi connectivity index (χ1v) is 7.51. The maximum atomic E-state index is 3.68. The molecule has 1 aromatic carbocycles. The molecule has 0 amide bonds. The van der Waals surface area contributed by atoms with Crippen molar-refractivity contribution in [3.8, 4) is 0 Å². The second-order valence-electron chi connectivity index (χ2n) is 8.54. The Morgan fingerprint density at radius 2 is 1.74 bits per heavy atom. The van der Waals surface area contributed by atoms with Gasteiger partial charge in [0, 0.05) is 11.7 Å². The third-order valence-corrected chi connectivity index (χ3v) is 3.59. The van der Waals surface area contributed by atoms with Crippen LogP contribution in [-0.4, -0.2) is 6.04 Å². The third kappa shape index (κ3) is 4.26. The lowest BCUT2D eigenvalue weighted by Gasteiger charge is -2.23. The Morgan fingerprint density at radius 3 is 2.32 bits per heavy atom. The fraction of sp³-hybridized carbons (Fsp3) is 0.667. The highest BCUT2D eigenvalue weighted by Gasteiger charge is 2.25. The van der Waals surface area contributed by atoms with Crippen molar-refractivity contribution in [1.82, 2.24) is 0 Å². The van der Waals surface area contributed by atoms with Gasteiger partial charge in [0.2, 0.25) is 0 Å². The molecule has 0 saturated heterocycles. The Hall–Kier alpha value is -0.980. The fourth-order valence-corrected chi connectivity index (χ4v) is 3.08. The van der Waals surface area contributed by atoms with Crippen LogP contribution in [0.25, 0.3) is 0 Å². The Bertz CT molecular complexity index is 446. The first-order chi connectivity index (χ1) is 8.62. The largest absolute Gasteiger partial charge is 0.382 e. The van der Waals surface area contributed by atoms with Crippen LogP contribution in [0.1, 0.15) is 59.1 Å². The van der Waals surface area contributed by atoms with E-state index in [1.165, 1.54) is 29.7 Å². The number of fused-ring (bicyclic) bond motifs is 1. The van der Waals surface area contributed by atoms with Crippen LogP contribution in [0, 0.1) is 10.8 Å². The van der Waals surface area contributed by atoms with Crippen molar-refractivity contribution in [3.63, 3.8) is 0 Å². The smallest absolute Gasteiger partial charge is 0.0375 e. The van der Waals surface area contributed by atoms with Gasteiger partial charge in [-0.25, -0.2) is 0 Å². The predicted molar refractivity (Wildman–Crippen MR) is 84.8 cm³/mol. The average molecular weight is 259 g/mol. The maximum Gasteiger partial charge on any atom is 0.0375 e. The van der Waals surface area contributed by atoms with Crippen LogP contribution in [0.2, 0.25) is 0 Å². The van der Waals surface area contributed by atoms with Crippen LogP contribution in [0.5, 0.6) is 0 Å². The molecule has 0 aromatic heterocycles. The zero-order valence-corrected chi connectivity index (χ0v) is 13.4. The van der Waals surface area contributed by atoms with Crippen molar-refractivity contribution in [2.75, 3.05) is 5.32 Å². The van der Waals surface area contributed by atoms with Crippen molar-refractivity contribution in [2.24, 2.45) is 10.8 Å². The summed E-state index contributed by atoms with van der Waals surface area (Å²) < 4.78 is 0. The van der Waals surface area contributed by atoms with Gasteiger partial charge >= 0.3 is 0 Å². The first-order valence-electron chi connectivity index (χ1n) is 7.51. The van der Waals surface area contributed by atoms with Gasteiger partial charge in [0.1, 0.15) is 0 Å². The van der Waals surface area contributed by atoms with Crippen molar-refractivity contribution in [2.45, 2.75) is 66.8 Å². The summed E-state index contributed by atoms with van der Waals surface area (Å²) in [6.07, 6.45) is 3.57. The SMILES string of the molecule is CC(C)(C)Cc1ccc2c(c1)CC(CC(C)(C)C)N2. The van der Waals surface area contributed by atoms with Crippen LogP contribution < -0.4 is 5.32 Å². The Morgan fingerprint density at radius 1 is 1.05 bits per heavy atom. The summed E-state index contributed by atoms with van der Waals surface area (Å²) in [4.78, 5) is 0. The summed E-state index contributed by atoms with van der Waals surface area (Å²) in [5.41, 5.74) is 5.10. The maximum absolute atomic E-state index is 3.68. The van der Waals surface area contributed by atoms with E-state index in [9.17, 15) is 0 Å². The van der Waals surface area contributed by atoms with Gasteiger partial charge in [0.15, 0.2) is 0 Å². The fourth-order valence-electron chi connectivity index (χ4n) is 3.08. The summed E-state index contributed by atoms with van der Waals surface area (Å²) in [7, 11) is 0. The molecule has 1 heteroatoms. The summed E-state index contributed by atoms with van der Waals surface area (Å²) in [6, 6.07) is 7.59. The van der Waals surface area contributed by atoms with E-state index >= 15 is 0 Å². The third-order valence-electron chi connectivity index (χ3n) is 3.59. The highest BCUT2D eigenvalue weighted by molar-refractivity contribution is 5.58. The molecule has 1 unspecified atom stereocenters. The molecule has 0 saturated carbocycles. The lowest BCUT2D eigenvalue weighted by atomic mass is 9.86. The highest BCUT2D eigenvalue weighted by atomic mass is 14.9. The van der Waals surface area contributed by atoms with E-state index in [0.29, 0.717) is 16.9 Å². The number of hydrogen-bond donors (Lipinski definition) is 1. The van der Waals surface area contributed by atoms with Gasteiger partial charge < -0.3 is 5.32 Å². The van der Waals surface area contributed by atoms with E-state index in [0.717, 1.165) is 6.42 Å². The summed E-state index contributed by atoms with van der Waals surface area (Å²) in [5, 5.41) is 3.68. The molecule has 1 aliphatic rings. The minimum Gasteiger partial charge on any atom is -0.382 e. The van der Waals surface area contributed by atoms with Gasteiger partial charge in [-0.05, 0) is 47.3 Å². The average Bonchev–Trinajstić information content (AvgIpc) is 2.53. The van der Waals surface area contributed by atoms with Crippen molar-refractivity contribution >= 4 is 5.69 Å². The zero-order valence-electron chi connectivity index (χ0n) is 13.4. The summed E-state index contributed by atoms with van der Waals surface area (Å²) in [6.45, 7) is 13.9. The van der Waals surface area contributed by atoms with E-state index in [2.05, 4.69) is 65.1 Å². The van der Waals surface area contributed by atoms with Crippen molar-refractivity contribution in [3.05, 3.63) is 29.3 Å². The van der Waals surface area contributed by atoms with Gasteiger partial charge in [-0.15, -0.1) is 0 Å². The molecule has 0 spiro atoms. The van der Waals surface area contributed by atoms with Crippen molar-refractivity contribution in [1.29, 1.82) is 0 Å². The van der Waals surface area contributed by atoms with E-state index in [1.807, 2.05) is 0 Å². The zero-order chi connectivity index (χ0) is 14.3. The monoisotopic (exact) mass is 259 g/mol. The Balaban J connectivity index is 2.08. The molecule has 0 radical (unpaired) electrons. The summed E-state index contributed by atoms with van der Waals surface area (Å²) in [5.74, 6) is 0. The number of anilines is 1. The first kappa shape index (κ1) is 14.4. The lowest BCUT2D eigenvalue weighted by molar-refractivity contribution is 0.352. The van der Waals surface area contributed by atoms with E-state index in [-0.39, 0.29) is 0 Å². The molecule has 1 nitrogen and oxygen atoms in total. The molecule has 1 aliphatic heterocycles. The summed E-state index contributed by atoms with van der Waals surface area (Å²) >= 11 is 0. The molecule has 2 rings (SSSR count). The Kier molecular flexibility index (Phi) is 3.68. The van der Waals surface area contributed by atoms with Gasteiger partial charge in [0.25, 0.3) is 0 Å². The van der Waals surface area contributed by atoms with Crippen LogP contribution >= 0.6 is 0 Å². The van der Waals surface area contributed by atoms with Crippen LogP contribution in [-0.2, 0) is 12.8 Å². The van der Waals surface area contributed by atoms with Gasteiger partial charge in [0.05, 0.1) is 0 Å². The number of nitrogens with one attached hydrogen (secondary N) is 1. The lowest BCUT2D eigenvalue weighted by Crippen LogP contribution is -2.22. The normalized spacial score (nSPS) is 19.2. The molecule has 0 fully saturated rings. The van der Waals surface area contributed by atoms with Crippen molar-refractivity contribution < 1.29 is 0 Å². The number of hydrogen-bond acceptors (Lipinski definition) is 1. The van der Waals surface area contributed by atoms with Crippen LogP contribution in [0.3, 0.4) is 0 Å². The highest BCUT2D eigenvalue weighted by Crippen LogP contribution is 2.33. The number of benzene rings is 1. The molecule has 106 valence electrons. The molecule has 0 bridgehead atoms. The molecular weight excluding hydrogens is 230 g/mol. The van der Waals surface area contributed by atoms with E-state index in [1.54, 1.807) is 0 Å². The predicted octanol–water partition coefficient (Wildman–Crippen LogP) is 5.05. The minimum absolute atomic E-state index is 0.366. The minimum atomic E-state index is 0.366. The molecule has 1 heterocycles. The van der Waals surface area contributed by atoms with E-state index in [4.69, 9.17) is 0 Å². The van der Waals surface area contributed by atoms with Gasteiger partial charge in [-0.2, -0.15) is 0 Å². The molecule has 1 N–H and O–H groups in total. The second-order valence-corrected chi connectivity index (χ2v) is 8.54. The molecule has 0 aliphatic carbocycles. The number of rotatable bonds is 2. The topological polar surface area (TPSA) is 12.0 Å². The molecule has 1 aromatic rings. The van der Waals surface area contributed by atoms with Crippen LogP contribution in [0.15, 0.2) is 18.2 Å². The van der Waals surface area contributed by atoms with E-state index < -0.39 is 0 Å². The molecule has 1 atom stereocenters. The second kappa shape index (κ2) is 4.85. The Labute approximate surface area is 118 Å². The molecular formula is C18H29N. The molecule has 19 heavy (non-hydrogen) atoms. The quantitative estimate of drug-likeness (QED) is 0.784. The van der Waals surface area contributed by atoms with Crippen LogP contribution in [0.4, 0.5) is 5.69 Å². The standard InChI is InChI=1S/C18H29N/c1-17(2,3)11-13-7-8-16-14(9-13)10-15(19-16)12-18(4,5)6/h7-9,15,19H,10-12H2,1-6H3. The van der Waals surface area contributed by atoms with Gasteiger partial charge in [-0.1, -0.05) is 53.7 Å². The van der Waals surface area contributed by atoms with Gasteiger partial charge in [-0.3, -0.25) is 0 Å².